The van der Waals surface area contributed by atoms with Gasteiger partial charge in [0.1, 0.15) is 0 Å². The zero-order chi connectivity index (χ0) is 11.8. The van der Waals surface area contributed by atoms with Gasteiger partial charge in [0.25, 0.3) is 0 Å². The largest absolute Gasteiger partial charge is 0.394 e. The van der Waals surface area contributed by atoms with E-state index < -0.39 is 18.6 Å². The molecule has 0 saturated carbocycles. The van der Waals surface area contributed by atoms with Crippen LogP contribution in [0, 0.1) is 5.92 Å². The molecule has 0 aromatic rings. The molecule has 0 fully saturated rings. The molecule has 0 bridgehead atoms. The number of hydrogen-bond donors (Lipinski definition) is 4. The molecule has 4 N–H and O–H groups in total. The summed E-state index contributed by atoms with van der Waals surface area (Å²) in [4.78, 5) is 22.3. The maximum absolute atomic E-state index is 11.3. The van der Waals surface area contributed by atoms with E-state index in [2.05, 4.69) is 10.6 Å². The number of hydrogen-bond acceptors (Lipinski definition) is 4. The van der Waals surface area contributed by atoms with Gasteiger partial charge in [-0.2, -0.15) is 0 Å². The molecule has 6 heteroatoms. The van der Waals surface area contributed by atoms with Crippen LogP contribution in [0.5, 0.6) is 0 Å². The van der Waals surface area contributed by atoms with E-state index in [9.17, 15) is 9.59 Å². The van der Waals surface area contributed by atoms with Gasteiger partial charge in [-0.05, 0) is 0 Å². The topological polar surface area (TPSA) is 98.7 Å². The van der Waals surface area contributed by atoms with Crippen LogP contribution in [0.4, 0.5) is 0 Å². The Morgan fingerprint density at radius 3 is 2.24 bits per heavy atom. The first-order chi connectivity index (χ1) is 7.01. The monoisotopic (exact) mass is 250 g/mol. The first-order valence-corrected chi connectivity index (χ1v) is 4.78. The van der Waals surface area contributed by atoms with Crippen molar-refractivity contribution in [2.24, 2.45) is 5.92 Å². The van der Waals surface area contributed by atoms with Crippen LogP contribution in [0.2, 0.25) is 0 Å². The minimum Gasteiger partial charge on any atom is -0.394 e. The van der Waals surface area contributed by atoms with Gasteiger partial charge in [-0.3, -0.25) is 9.59 Å². The molecule has 0 rings (SSSR count). The van der Waals surface area contributed by atoms with E-state index in [1.165, 1.54) is 7.05 Å². The lowest BCUT2D eigenvalue weighted by Crippen LogP contribution is -2.38. The van der Waals surface area contributed by atoms with Crippen molar-refractivity contribution in [2.75, 3.05) is 20.2 Å². The molecule has 0 aliphatic heterocycles. The molecule has 0 aliphatic carbocycles. The second-order valence-corrected chi connectivity index (χ2v) is 3.36. The van der Waals surface area contributed by atoms with E-state index in [4.69, 9.17) is 10.2 Å². The molecular weight excluding hydrogens is 224 g/mol. The number of aliphatic hydroxyl groups is 2. The number of carbonyl (C=O) groups excluding carboxylic acids is 2. The minimum absolute atomic E-state index is 0. The second-order valence-electron chi connectivity index (χ2n) is 3.36. The molecule has 2 atom stereocenters. The summed E-state index contributed by atoms with van der Waals surface area (Å²) in [6.45, 7) is 1.22. The number of aliphatic hydroxyl groups excluding tert-OH is 2. The van der Waals surface area contributed by atoms with Gasteiger partial charge in [-0.25, -0.2) is 0 Å². The van der Waals surface area contributed by atoms with Crippen molar-refractivity contribution in [3.05, 3.63) is 0 Å². The Hall–Kier alpha value is -1.14. The molecule has 0 spiro atoms. The Labute approximate surface area is 103 Å². The van der Waals surface area contributed by atoms with Gasteiger partial charge in [0, 0.05) is 25.9 Å². The highest BCUT2D eigenvalue weighted by Gasteiger charge is 2.16. The van der Waals surface area contributed by atoms with Gasteiger partial charge >= 0.3 is 0 Å². The summed E-state index contributed by atoms with van der Waals surface area (Å²) in [5.74, 6) is -0.970. The normalized spacial score (nSPS) is 12.5. The summed E-state index contributed by atoms with van der Waals surface area (Å²) in [6.07, 6.45) is -0.849. The lowest BCUT2D eigenvalue weighted by molar-refractivity contribution is -0.129. The fraction of sp³-hybridized carbons (Fsp3) is 0.818. The highest BCUT2D eigenvalue weighted by Crippen LogP contribution is 2.01. The minimum atomic E-state index is -0.957. The zero-order valence-electron chi connectivity index (χ0n) is 8.99. The van der Waals surface area contributed by atoms with Gasteiger partial charge in [0.15, 0.2) is 0 Å². The summed E-state index contributed by atoms with van der Waals surface area (Å²) in [6, 6.07) is 0. The fourth-order valence-electron chi connectivity index (χ4n) is 0.930. The Bertz CT molecular complexity index is 222. The number of carbonyl (C=O) groups is 2. The highest BCUT2D eigenvalue weighted by molar-refractivity contribution is 5.85. The smallest absolute Gasteiger partial charge is 0.223 e. The fourth-order valence-corrected chi connectivity index (χ4v) is 0.930. The lowest BCUT2D eigenvalue weighted by atomic mass is 10.1. The van der Waals surface area contributed by atoms with Crippen molar-refractivity contribution in [3.8, 4) is 0 Å². The Balaban J connectivity index is -0.000000980. The average molecular weight is 250 g/mol. The molecule has 2 amide bonds. The molecule has 0 aromatic carbocycles. The molecule has 0 saturated heterocycles. The standard InChI is InChI=1S/C9H18N2O4.2CH4/c1-6(3-8(14)10-2)9(15)11-4-7(13)5-12;;/h6-7,12-13H,3-5H2,1-2H3,(H,10,14)(H,11,15);2*1H4. The van der Waals surface area contributed by atoms with Crippen molar-refractivity contribution in [1.82, 2.24) is 10.6 Å². The molecule has 0 heterocycles. The third-order valence-corrected chi connectivity index (χ3v) is 1.94. The summed E-state index contributed by atoms with van der Waals surface area (Å²) in [5.41, 5.74) is 0. The van der Waals surface area contributed by atoms with Crippen molar-refractivity contribution in [1.29, 1.82) is 0 Å². The van der Waals surface area contributed by atoms with E-state index >= 15 is 0 Å². The van der Waals surface area contributed by atoms with Crippen LogP contribution in [0.1, 0.15) is 28.2 Å². The predicted octanol–water partition coefficient (Wildman–Crippen LogP) is -0.500. The van der Waals surface area contributed by atoms with Crippen LogP contribution in [-0.2, 0) is 9.59 Å². The van der Waals surface area contributed by atoms with E-state index in [1.807, 2.05) is 0 Å². The third kappa shape index (κ3) is 9.77. The Kier molecular flexibility index (Phi) is 14.1. The van der Waals surface area contributed by atoms with Crippen LogP contribution < -0.4 is 10.6 Å². The number of amides is 2. The van der Waals surface area contributed by atoms with Crippen molar-refractivity contribution in [2.45, 2.75) is 34.3 Å². The molecule has 104 valence electrons. The molecule has 0 aliphatic rings. The van der Waals surface area contributed by atoms with Crippen molar-refractivity contribution in [3.63, 3.8) is 0 Å². The van der Waals surface area contributed by atoms with Crippen molar-refractivity contribution >= 4 is 11.8 Å². The van der Waals surface area contributed by atoms with Crippen LogP contribution in [0.15, 0.2) is 0 Å². The molecule has 0 radical (unpaired) electrons. The van der Waals surface area contributed by atoms with Gasteiger partial charge < -0.3 is 20.8 Å². The van der Waals surface area contributed by atoms with Crippen LogP contribution in [-0.4, -0.2) is 48.3 Å². The van der Waals surface area contributed by atoms with Crippen LogP contribution >= 0.6 is 0 Å². The third-order valence-electron chi connectivity index (χ3n) is 1.94. The number of nitrogens with one attached hydrogen (secondary N) is 2. The first-order valence-electron chi connectivity index (χ1n) is 4.78. The quantitative estimate of drug-likeness (QED) is 0.511. The van der Waals surface area contributed by atoms with Crippen LogP contribution in [0.25, 0.3) is 0 Å². The molecular formula is C11H26N2O4. The number of rotatable bonds is 6. The molecule has 17 heavy (non-hydrogen) atoms. The van der Waals surface area contributed by atoms with E-state index in [0.29, 0.717) is 0 Å². The second kappa shape index (κ2) is 11.3. The Morgan fingerprint density at radius 1 is 1.29 bits per heavy atom. The summed E-state index contributed by atoms with van der Waals surface area (Å²) in [5, 5.41) is 22.3. The zero-order valence-corrected chi connectivity index (χ0v) is 8.99. The van der Waals surface area contributed by atoms with Gasteiger partial charge in [-0.1, -0.05) is 21.8 Å². The van der Waals surface area contributed by atoms with Gasteiger partial charge in [0.05, 0.1) is 12.7 Å². The summed E-state index contributed by atoms with van der Waals surface area (Å²) in [7, 11) is 1.50. The Morgan fingerprint density at radius 2 is 1.82 bits per heavy atom. The summed E-state index contributed by atoms with van der Waals surface area (Å²) < 4.78 is 0. The summed E-state index contributed by atoms with van der Waals surface area (Å²) >= 11 is 0. The SMILES string of the molecule is C.C.CNC(=O)CC(C)C(=O)NCC(O)CO. The predicted molar refractivity (Wildman–Crippen MR) is 67.4 cm³/mol. The maximum Gasteiger partial charge on any atom is 0.223 e. The van der Waals surface area contributed by atoms with Crippen molar-refractivity contribution < 1.29 is 19.8 Å². The van der Waals surface area contributed by atoms with E-state index in [0.717, 1.165) is 0 Å². The molecule has 6 nitrogen and oxygen atoms in total. The average Bonchev–Trinajstić information content (AvgIpc) is 2.24. The maximum atomic E-state index is 11.3. The first kappa shape index (κ1) is 21.2. The molecule has 2 unspecified atom stereocenters. The highest BCUT2D eigenvalue weighted by atomic mass is 16.3. The van der Waals surface area contributed by atoms with E-state index in [-0.39, 0.29) is 39.6 Å². The van der Waals surface area contributed by atoms with Gasteiger partial charge in [-0.15, -0.1) is 0 Å². The van der Waals surface area contributed by atoms with Gasteiger partial charge in [0.2, 0.25) is 11.8 Å². The van der Waals surface area contributed by atoms with E-state index in [1.54, 1.807) is 6.92 Å². The lowest BCUT2D eigenvalue weighted by Gasteiger charge is -2.13. The van der Waals surface area contributed by atoms with Crippen LogP contribution in [0.3, 0.4) is 0 Å². The molecule has 0 aromatic heterocycles.